The van der Waals surface area contributed by atoms with E-state index in [4.69, 9.17) is 28.4 Å². The summed E-state index contributed by atoms with van der Waals surface area (Å²) in [4.78, 5) is 49.6. The topological polar surface area (TPSA) is 124 Å². The average molecular weight is 791 g/mol. The Balaban J connectivity index is 1.06. The monoisotopic (exact) mass is 790 g/mol. The molecule has 0 atom stereocenters. The normalized spacial score (nSPS) is 11.0. The van der Waals surface area contributed by atoms with Gasteiger partial charge in [-0.25, -0.2) is 19.2 Å². The molecule has 0 aliphatic heterocycles. The van der Waals surface area contributed by atoms with Gasteiger partial charge in [0.1, 0.15) is 23.0 Å². The van der Waals surface area contributed by atoms with Crippen molar-refractivity contribution in [1.29, 1.82) is 0 Å². The van der Waals surface area contributed by atoms with Crippen LogP contribution in [0, 0.1) is 0 Å². The Morgan fingerprint density at radius 3 is 1.12 bits per heavy atom. The molecular weight excluding hydrogens is 737 g/mol. The molecule has 0 saturated carbocycles. The lowest BCUT2D eigenvalue weighted by Crippen LogP contribution is -2.10. The molecule has 0 aliphatic carbocycles. The van der Waals surface area contributed by atoms with E-state index in [0.717, 1.165) is 48.3 Å². The number of esters is 4. The van der Waals surface area contributed by atoms with Crippen molar-refractivity contribution in [3.05, 3.63) is 131 Å². The van der Waals surface area contributed by atoms with Crippen LogP contribution in [0.5, 0.6) is 23.0 Å². The van der Waals surface area contributed by atoms with Crippen LogP contribution < -0.4 is 18.9 Å². The zero-order chi connectivity index (χ0) is 41.2. The lowest BCUT2D eigenvalue weighted by molar-refractivity contribution is -0.129. The summed E-state index contributed by atoms with van der Waals surface area (Å²) in [7, 11) is 0. The van der Waals surface area contributed by atoms with Gasteiger partial charge < -0.3 is 28.4 Å². The molecule has 58 heavy (non-hydrogen) atoms. The van der Waals surface area contributed by atoms with Crippen molar-refractivity contribution in [3.8, 4) is 23.0 Å². The minimum absolute atomic E-state index is 0.136. The van der Waals surface area contributed by atoms with Gasteiger partial charge in [-0.15, -0.1) is 0 Å². The van der Waals surface area contributed by atoms with Crippen molar-refractivity contribution in [2.24, 2.45) is 0 Å². The average Bonchev–Trinajstić information content (AvgIpc) is 3.24. The second-order valence-corrected chi connectivity index (χ2v) is 13.5. The highest BCUT2D eigenvalue weighted by atomic mass is 16.5. The van der Waals surface area contributed by atoms with E-state index in [-0.39, 0.29) is 13.2 Å². The fourth-order valence-corrected chi connectivity index (χ4v) is 5.44. The molecule has 0 N–H and O–H groups in total. The summed E-state index contributed by atoms with van der Waals surface area (Å²) in [5, 5.41) is 0. The third-order valence-corrected chi connectivity index (χ3v) is 8.74. The van der Waals surface area contributed by atoms with Crippen LogP contribution in [0.3, 0.4) is 0 Å². The van der Waals surface area contributed by atoms with Gasteiger partial charge in [0.2, 0.25) is 0 Å². The zero-order valence-corrected chi connectivity index (χ0v) is 33.5. The van der Waals surface area contributed by atoms with Gasteiger partial charge >= 0.3 is 23.9 Å². The Bertz CT molecular complexity index is 1750. The number of unbranched alkanes of at least 4 members (excludes halogenated alkanes) is 7. The van der Waals surface area contributed by atoms with Gasteiger partial charge in [0.25, 0.3) is 0 Å². The van der Waals surface area contributed by atoms with Crippen molar-refractivity contribution in [2.75, 3.05) is 26.4 Å². The van der Waals surface area contributed by atoms with Crippen molar-refractivity contribution < 1.29 is 47.6 Å². The highest BCUT2D eigenvalue weighted by Gasteiger charge is 2.11. The van der Waals surface area contributed by atoms with E-state index >= 15 is 0 Å². The van der Waals surface area contributed by atoms with E-state index in [2.05, 4.69) is 13.8 Å². The fourth-order valence-electron chi connectivity index (χ4n) is 5.44. The number of hydrogen-bond acceptors (Lipinski definition) is 10. The highest BCUT2D eigenvalue weighted by molar-refractivity contribution is 5.91. The Hall–Kier alpha value is -6.16. The Kier molecular flexibility index (Phi) is 19.9. The number of hydrogen-bond donors (Lipinski definition) is 0. The molecule has 4 aromatic carbocycles. The van der Waals surface area contributed by atoms with E-state index in [0.29, 0.717) is 48.7 Å². The summed E-state index contributed by atoms with van der Waals surface area (Å²) >= 11 is 0. The van der Waals surface area contributed by atoms with Gasteiger partial charge in [-0.3, -0.25) is 0 Å². The molecule has 0 fully saturated rings. The van der Waals surface area contributed by atoms with E-state index in [1.54, 1.807) is 12.2 Å². The quantitative estimate of drug-likeness (QED) is 0.0277. The molecule has 0 unspecified atom stereocenters. The third kappa shape index (κ3) is 17.3. The van der Waals surface area contributed by atoms with Crippen LogP contribution in [-0.4, -0.2) is 50.3 Å². The molecule has 0 aromatic heterocycles. The van der Waals surface area contributed by atoms with Crippen molar-refractivity contribution in [3.63, 3.8) is 0 Å². The SMILES string of the molecule is CCCCCCOc1ccc(/C=C/C(=O)Oc2ccc(C(=O)OCCCCOC(=O)c3ccc(OC(=O)/C=C/c4ccc(OCCCCCC)cc4)cc3)cc2)cc1. The summed E-state index contributed by atoms with van der Waals surface area (Å²) in [5.74, 6) is 0.0235. The number of carbonyl (C=O) groups excluding carboxylic acids is 4. The maximum atomic E-state index is 12.5. The molecule has 0 aliphatic rings. The van der Waals surface area contributed by atoms with Gasteiger partial charge in [0.05, 0.1) is 37.6 Å². The number of carbonyl (C=O) groups is 4. The fraction of sp³-hybridized carbons (Fsp3) is 0.333. The predicted molar refractivity (Wildman–Crippen MR) is 224 cm³/mol. The molecule has 0 saturated heterocycles. The van der Waals surface area contributed by atoms with Gasteiger partial charge in [0.15, 0.2) is 0 Å². The standard InChI is InChI=1S/C48H54O10/c1-3-5-7-9-33-53-41-23-13-37(14-24-41)17-31-45(49)57-43-27-19-39(20-28-43)47(51)55-35-11-12-36-56-48(52)40-21-29-44(30-22-40)58-46(50)32-18-38-15-25-42(26-16-38)54-34-10-8-6-4-2/h13-32H,3-12,33-36H2,1-2H3/b31-17+,32-18+. The summed E-state index contributed by atoms with van der Waals surface area (Å²) in [6.45, 7) is 6.00. The first-order chi connectivity index (χ1) is 28.3. The molecule has 0 amide bonds. The molecule has 0 bridgehead atoms. The van der Waals surface area contributed by atoms with Gasteiger partial charge in [0, 0.05) is 12.2 Å². The van der Waals surface area contributed by atoms with Crippen molar-refractivity contribution >= 4 is 36.0 Å². The molecular formula is C48H54O10. The lowest BCUT2D eigenvalue weighted by Gasteiger charge is -2.08. The number of rotatable bonds is 25. The minimum Gasteiger partial charge on any atom is -0.494 e. The van der Waals surface area contributed by atoms with Crippen LogP contribution in [0.4, 0.5) is 0 Å². The molecule has 0 spiro atoms. The second-order valence-electron chi connectivity index (χ2n) is 13.5. The van der Waals surface area contributed by atoms with Gasteiger partial charge in [-0.2, -0.15) is 0 Å². The van der Waals surface area contributed by atoms with Crippen molar-refractivity contribution in [1.82, 2.24) is 0 Å². The molecule has 0 heterocycles. The molecule has 0 radical (unpaired) electrons. The molecule has 10 heteroatoms. The van der Waals surface area contributed by atoms with Crippen molar-refractivity contribution in [2.45, 2.75) is 78.1 Å². The molecule has 10 nitrogen and oxygen atoms in total. The largest absolute Gasteiger partial charge is 0.494 e. The van der Waals surface area contributed by atoms with E-state index in [1.165, 1.54) is 86.4 Å². The zero-order valence-electron chi connectivity index (χ0n) is 33.5. The molecule has 4 rings (SSSR count). The number of benzene rings is 4. The lowest BCUT2D eigenvalue weighted by atomic mass is 10.2. The second kappa shape index (κ2) is 25.9. The summed E-state index contributed by atoms with van der Waals surface area (Å²) in [6, 6.07) is 27.1. The first kappa shape index (κ1) is 44.6. The Labute approximate surface area is 341 Å². The van der Waals surface area contributed by atoms with E-state index in [9.17, 15) is 19.2 Å². The smallest absolute Gasteiger partial charge is 0.338 e. The minimum atomic E-state index is -0.550. The van der Waals surface area contributed by atoms with E-state index < -0.39 is 23.9 Å². The summed E-state index contributed by atoms with van der Waals surface area (Å²) in [5.41, 5.74) is 2.28. The maximum absolute atomic E-state index is 12.5. The summed E-state index contributed by atoms with van der Waals surface area (Å²) < 4.78 is 32.9. The predicted octanol–water partition coefficient (Wildman–Crippen LogP) is 10.6. The van der Waals surface area contributed by atoms with Crippen LogP contribution in [0.1, 0.15) is 110 Å². The van der Waals surface area contributed by atoms with Crippen LogP contribution in [0.2, 0.25) is 0 Å². The Morgan fingerprint density at radius 1 is 0.414 bits per heavy atom. The van der Waals surface area contributed by atoms with E-state index in [1.807, 2.05) is 48.5 Å². The summed E-state index contributed by atoms with van der Waals surface area (Å²) in [6.07, 6.45) is 16.1. The van der Waals surface area contributed by atoms with Crippen LogP contribution in [0.25, 0.3) is 12.2 Å². The first-order valence-corrected chi connectivity index (χ1v) is 20.1. The molecule has 306 valence electrons. The molecule has 4 aromatic rings. The first-order valence-electron chi connectivity index (χ1n) is 20.1. The third-order valence-electron chi connectivity index (χ3n) is 8.74. The maximum Gasteiger partial charge on any atom is 0.338 e. The van der Waals surface area contributed by atoms with Crippen LogP contribution >= 0.6 is 0 Å². The Morgan fingerprint density at radius 2 is 0.759 bits per heavy atom. The van der Waals surface area contributed by atoms with Crippen LogP contribution in [0.15, 0.2) is 109 Å². The van der Waals surface area contributed by atoms with Gasteiger partial charge in [-0.1, -0.05) is 76.6 Å². The van der Waals surface area contributed by atoms with Crippen LogP contribution in [-0.2, 0) is 19.1 Å². The van der Waals surface area contributed by atoms with Gasteiger partial charge in [-0.05, 0) is 122 Å². The number of ether oxygens (including phenoxy) is 6. The highest BCUT2D eigenvalue weighted by Crippen LogP contribution is 2.18.